The first-order valence-electron chi connectivity index (χ1n) is 8.29. The monoisotopic (exact) mass is 386 g/mol. The molecule has 0 N–H and O–H groups in total. The summed E-state index contributed by atoms with van der Waals surface area (Å²) in [5.41, 5.74) is 0. The molecule has 0 radical (unpaired) electrons. The Morgan fingerprint density at radius 3 is 2.62 bits per heavy atom. The number of ether oxygens (including phenoxy) is 5. The highest BCUT2D eigenvalue weighted by Gasteiger charge is 2.46. The summed E-state index contributed by atoms with van der Waals surface area (Å²) in [7, 11) is -2.08. The van der Waals surface area contributed by atoms with Crippen molar-refractivity contribution in [2.24, 2.45) is 0 Å². The van der Waals surface area contributed by atoms with Crippen LogP contribution in [0.3, 0.4) is 0 Å². The van der Waals surface area contributed by atoms with Gasteiger partial charge in [-0.1, -0.05) is 18.2 Å². The Labute approximate surface area is 152 Å². The maximum atomic E-state index is 12.5. The van der Waals surface area contributed by atoms with Crippen molar-refractivity contribution in [3.8, 4) is 0 Å². The van der Waals surface area contributed by atoms with Gasteiger partial charge in [0.2, 0.25) is 0 Å². The van der Waals surface area contributed by atoms with E-state index in [9.17, 15) is 13.2 Å². The normalized spacial score (nSPS) is 31.8. The van der Waals surface area contributed by atoms with E-state index in [0.29, 0.717) is 6.42 Å². The molecule has 26 heavy (non-hydrogen) atoms. The zero-order chi connectivity index (χ0) is 18.7. The predicted octanol–water partition coefficient (Wildman–Crippen LogP) is 0.895. The lowest BCUT2D eigenvalue weighted by Crippen LogP contribution is -2.58. The van der Waals surface area contributed by atoms with E-state index in [-0.39, 0.29) is 17.3 Å². The minimum atomic E-state index is -3.58. The standard InChI is InChI=1S/C17H22O8S/c1-11(18)23-13-8-15(21-2)24-14-9-22-16(25-17(13)14)10-26(19,20)12-6-4-3-5-7-12/h3-7,13-17H,8-10H2,1-2H3/t13-,14-,15?,16?,17+/m1/s1. The Balaban J connectivity index is 1.71. The third kappa shape index (κ3) is 4.41. The van der Waals surface area contributed by atoms with Gasteiger partial charge in [-0.25, -0.2) is 8.42 Å². The highest BCUT2D eigenvalue weighted by molar-refractivity contribution is 7.91. The van der Waals surface area contributed by atoms with Crippen LogP contribution in [0.5, 0.6) is 0 Å². The lowest BCUT2D eigenvalue weighted by Gasteiger charge is -2.44. The lowest BCUT2D eigenvalue weighted by atomic mass is 10.0. The molecule has 2 saturated heterocycles. The fourth-order valence-electron chi connectivity index (χ4n) is 3.09. The molecule has 0 saturated carbocycles. The molecule has 8 nitrogen and oxygen atoms in total. The average molecular weight is 386 g/mol. The Morgan fingerprint density at radius 1 is 1.23 bits per heavy atom. The van der Waals surface area contributed by atoms with E-state index >= 15 is 0 Å². The van der Waals surface area contributed by atoms with Crippen LogP contribution in [0, 0.1) is 0 Å². The molecule has 2 unspecified atom stereocenters. The van der Waals surface area contributed by atoms with Gasteiger partial charge in [0.15, 0.2) is 22.4 Å². The Kier molecular flexibility index (Phi) is 5.93. The second-order valence-electron chi connectivity index (χ2n) is 6.18. The zero-order valence-corrected chi connectivity index (χ0v) is 15.4. The minimum Gasteiger partial charge on any atom is -0.459 e. The van der Waals surface area contributed by atoms with E-state index in [1.165, 1.54) is 26.2 Å². The van der Waals surface area contributed by atoms with E-state index < -0.39 is 46.7 Å². The lowest BCUT2D eigenvalue weighted by molar-refractivity contribution is -0.327. The highest BCUT2D eigenvalue weighted by atomic mass is 32.2. The maximum absolute atomic E-state index is 12.5. The predicted molar refractivity (Wildman–Crippen MR) is 88.9 cm³/mol. The van der Waals surface area contributed by atoms with Gasteiger partial charge in [0.25, 0.3) is 0 Å². The van der Waals surface area contributed by atoms with Crippen LogP contribution in [0.2, 0.25) is 0 Å². The first kappa shape index (κ1) is 19.2. The van der Waals surface area contributed by atoms with Gasteiger partial charge in [0.05, 0.1) is 11.5 Å². The third-order valence-electron chi connectivity index (χ3n) is 4.28. The molecule has 1 aromatic rings. The minimum absolute atomic E-state index is 0.122. The summed E-state index contributed by atoms with van der Waals surface area (Å²) in [4.78, 5) is 11.6. The molecule has 2 aliphatic rings. The van der Waals surface area contributed by atoms with Crippen LogP contribution < -0.4 is 0 Å². The van der Waals surface area contributed by atoms with Gasteiger partial charge in [-0.2, -0.15) is 0 Å². The summed E-state index contributed by atoms with van der Waals surface area (Å²) < 4.78 is 52.6. The first-order valence-corrected chi connectivity index (χ1v) is 9.94. The van der Waals surface area contributed by atoms with Gasteiger partial charge in [-0.05, 0) is 12.1 Å². The molecule has 2 fully saturated rings. The highest BCUT2D eigenvalue weighted by Crippen LogP contribution is 2.31. The van der Waals surface area contributed by atoms with Crippen molar-refractivity contribution >= 4 is 15.8 Å². The van der Waals surface area contributed by atoms with Crippen LogP contribution in [-0.2, 0) is 38.3 Å². The van der Waals surface area contributed by atoms with Crippen LogP contribution in [0.25, 0.3) is 0 Å². The number of esters is 1. The number of methoxy groups -OCH3 is 1. The second kappa shape index (κ2) is 8.01. The van der Waals surface area contributed by atoms with Gasteiger partial charge >= 0.3 is 5.97 Å². The fourth-order valence-corrected chi connectivity index (χ4v) is 4.39. The van der Waals surface area contributed by atoms with E-state index in [4.69, 9.17) is 23.7 Å². The van der Waals surface area contributed by atoms with E-state index in [1.54, 1.807) is 18.2 Å². The summed E-state index contributed by atoms with van der Waals surface area (Å²) in [6.45, 7) is 1.43. The molecule has 1 aromatic carbocycles. The van der Waals surface area contributed by atoms with E-state index in [1.807, 2.05) is 0 Å². The van der Waals surface area contributed by atoms with Gasteiger partial charge < -0.3 is 23.7 Å². The molecular formula is C17H22O8S. The number of sulfone groups is 1. The molecule has 0 bridgehead atoms. The summed E-state index contributed by atoms with van der Waals surface area (Å²) in [6.07, 6.45) is -2.93. The molecule has 3 rings (SSSR count). The van der Waals surface area contributed by atoms with Crippen molar-refractivity contribution in [2.75, 3.05) is 19.5 Å². The number of hydrogen-bond acceptors (Lipinski definition) is 8. The number of hydrogen-bond donors (Lipinski definition) is 0. The summed E-state index contributed by atoms with van der Waals surface area (Å²) in [6, 6.07) is 8.10. The number of fused-ring (bicyclic) bond motifs is 1. The van der Waals surface area contributed by atoms with Gasteiger partial charge in [-0.3, -0.25) is 4.79 Å². The van der Waals surface area contributed by atoms with Crippen molar-refractivity contribution < 1.29 is 36.9 Å². The van der Waals surface area contributed by atoms with Crippen molar-refractivity contribution in [2.45, 2.75) is 49.1 Å². The van der Waals surface area contributed by atoms with Crippen LogP contribution in [0.4, 0.5) is 0 Å². The number of carbonyl (C=O) groups is 1. The van der Waals surface area contributed by atoms with Gasteiger partial charge in [0.1, 0.15) is 24.1 Å². The topological polar surface area (TPSA) is 97.4 Å². The van der Waals surface area contributed by atoms with Crippen molar-refractivity contribution in [3.63, 3.8) is 0 Å². The Bertz CT molecular complexity index is 720. The summed E-state index contributed by atoms with van der Waals surface area (Å²) in [5, 5.41) is 0. The first-order chi connectivity index (χ1) is 12.4. The largest absolute Gasteiger partial charge is 0.459 e. The van der Waals surface area contributed by atoms with E-state index in [0.717, 1.165) is 0 Å². The third-order valence-corrected chi connectivity index (χ3v) is 5.98. The van der Waals surface area contributed by atoms with Gasteiger partial charge in [-0.15, -0.1) is 0 Å². The molecule has 5 atom stereocenters. The van der Waals surface area contributed by atoms with Crippen LogP contribution in [0.15, 0.2) is 35.2 Å². The number of benzene rings is 1. The van der Waals surface area contributed by atoms with Crippen LogP contribution in [0.1, 0.15) is 13.3 Å². The van der Waals surface area contributed by atoms with E-state index in [2.05, 4.69) is 0 Å². The van der Waals surface area contributed by atoms with Crippen molar-refractivity contribution in [3.05, 3.63) is 30.3 Å². The van der Waals surface area contributed by atoms with Crippen molar-refractivity contribution in [1.82, 2.24) is 0 Å². The molecule has 0 amide bonds. The molecule has 0 aliphatic carbocycles. The maximum Gasteiger partial charge on any atom is 0.302 e. The molecule has 144 valence electrons. The fraction of sp³-hybridized carbons (Fsp3) is 0.588. The molecule has 9 heteroatoms. The van der Waals surface area contributed by atoms with Crippen LogP contribution in [-0.4, -0.2) is 64.7 Å². The van der Waals surface area contributed by atoms with Crippen molar-refractivity contribution in [1.29, 1.82) is 0 Å². The Morgan fingerprint density at radius 2 is 1.96 bits per heavy atom. The SMILES string of the molecule is COC1C[C@@H](OC(C)=O)[C@@H]2OC(CS(=O)(=O)c3ccccc3)OC[C@H]2O1. The average Bonchev–Trinajstić information content (AvgIpc) is 2.62. The zero-order valence-electron chi connectivity index (χ0n) is 14.6. The molecular weight excluding hydrogens is 364 g/mol. The quantitative estimate of drug-likeness (QED) is 0.689. The molecule has 2 heterocycles. The molecule has 0 aromatic heterocycles. The Hall–Kier alpha value is -1.52. The second-order valence-corrected chi connectivity index (χ2v) is 8.22. The molecule has 2 aliphatic heterocycles. The van der Waals surface area contributed by atoms with Gasteiger partial charge in [0, 0.05) is 20.5 Å². The summed E-state index contributed by atoms with van der Waals surface area (Å²) >= 11 is 0. The number of rotatable bonds is 5. The van der Waals surface area contributed by atoms with Crippen LogP contribution >= 0.6 is 0 Å². The smallest absolute Gasteiger partial charge is 0.302 e. The number of carbonyl (C=O) groups excluding carboxylic acids is 1. The molecule has 0 spiro atoms. The summed E-state index contributed by atoms with van der Waals surface area (Å²) in [5.74, 6) is -0.783.